The van der Waals surface area contributed by atoms with Crippen LogP contribution in [0.3, 0.4) is 0 Å². The zero-order valence-electron chi connectivity index (χ0n) is 10.9. The van der Waals surface area contributed by atoms with E-state index >= 15 is 0 Å². The van der Waals surface area contributed by atoms with Gasteiger partial charge in [0.05, 0.1) is 16.6 Å². The molecule has 0 bridgehead atoms. The van der Waals surface area contributed by atoms with Gasteiger partial charge in [0.15, 0.2) is 0 Å². The first kappa shape index (κ1) is 13.6. The number of hydrogen-bond acceptors (Lipinski definition) is 4. The van der Waals surface area contributed by atoms with E-state index in [1.54, 1.807) is 18.2 Å². The molecule has 20 heavy (non-hydrogen) atoms. The number of nitrogens with zero attached hydrogens (tertiary/aromatic N) is 2. The fraction of sp³-hybridized carbons (Fsp3) is 0.133. The Morgan fingerprint density at radius 2 is 1.95 bits per heavy atom. The van der Waals surface area contributed by atoms with Crippen LogP contribution in [0.4, 0.5) is 11.4 Å². The van der Waals surface area contributed by atoms with E-state index in [0.29, 0.717) is 5.56 Å². The van der Waals surface area contributed by atoms with Crippen LogP contribution in [0.15, 0.2) is 48.5 Å². The summed E-state index contributed by atoms with van der Waals surface area (Å²) in [4.78, 5) is 10.2. The summed E-state index contributed by atoms with van der Waals surface area (Å²) in [6.45, 7) is 1.97. The quantitative estimate of drug-likeness (QED) is 0.677. The molecular weight excluding hydrogens is 254 g/mol. The Kier molecular flexibility index (Phi) is 3.96. The van der Waals surface area contributed by atoms with Crippen molar-refractivity contribution in [3.05, 3.63) is 69.8 Å². The second kappa shape index (κ2) is 5.85. The summed E-state index contributed by atoms with van der Waals surface area (Å²) in [5, 5.41) is 22.7. The van der Waals surface area contributed by atoms with E-state index in [1.807, 2.05) is 25.1 Å². The third-order valence-corrected chi connectivity index (χ3v) is 2.98. The van der Waals surface area contributed by atoms with Gasteiger partial charge in [-0.2, -0.15) is 5.26 Å². The molecule has 2 aromatic rings. The molecule has 0 amide bonds. The zero-order chi connectivity index (χ0) is 14.5. The van der Waals surface area contributed by atoms with Gasteiger partial charge < -0.3 is 5.32 Å². The Balaban J connectivity index is 2.12. The molecule has 1 atom stereocenters. The molecule has 0 aliphatic heterocycles. The Morgan fingerprint density at radius 1 is 1.25 bits per heavy atom. The van der Waals surface area contributed by atoms with Crippen LogP contribution in [0, 0.1) is 21.4 Å². The number of nitriles is 1. The highest BCUT2D eigenvalue weighted by atomic mass is 16.6. The highest BCUT2D eigenvalue weighted by Gasteiger charge is 2.08. The molecule has 2 aromatic carbocycles. The van der Waals surface area contributed by atoms with Crippen molar-refractivity contribution in [2.45, 2.75) is 13.0 Å². The Morgan fingerprint density at radius 3 is 2.55 bits per heavy atom. The SMILES string of the molecule is CC(Nc1ccc([N+](=O)[O-])cc1)c1cccc(C#N)c1. The van der Waals surface area contributed by atoms with E-state index in [0.717, 1.165) is 11.3 Å². The lowest BCUT2D eigenvalue weighted by atomic mass is 10.1. The van der Waals surface area contributed by atoms with Crippen LogP contribution in [0.25, 0.3) is 0 Å². The van der Waals surface area contributed by atoms with Gasteiger partial charge in [0, 0.05) is 23.9 Å². The van der Waals surface area contributed by atoms with Crippen molar-refractivity contribution < 1.29 is 4.92 Å². The molecule has 2 rings (SSSR count). The molecule has 0 radical (unpaired) electrons. The normalized spacial score (nSPS) is 11.4. The summed E-state index contributed by atoms with van der Waals surface area (Å²) in [5.74, 6) is 0. The van der Waals surface area contributed by atoms with E-state index in [4.69, 9.17) is 5.26 Å². The highest BCUT2D eigenvalue weighted by molar-refractivity contribution is 5.50. The predicted molar refractivity (Wildman–Crippen MR) is 76.3 cm³/mol. The number of non-ortho nitro benzene ring substituents is 1. The van der Waals surface area contributed by atoms with Gasteiger partial charge in [-0.1, -0.05) is 12.1 Å². The average Bonchev–Trinajstić information content (AvgIpc) is 2.47. The minimum atomic E-state index is -0.427. The van der Waals surface area contributed by atoms with Crippen molar-refractivity contribution in [3.8, 4) is 6.07 Å². The smallest absolute Gasteiger partial charge is 0.269 e. The molecule has 100 valence electrons. The van der Waals surface area contributed by atoms with Crippen molar-refractivity contribution in [1.82, 2.24) is 0 Å². The van der Waals surface area contributed by atoms with Gasteiger partial charge in [-0.3, -0.25) is 10.1 Å². The molecule has 0 aromatic heterocycles. The number of rotatable bonds is 4. The lowest BCUT2D eigenvalue weighted by Crippen LogP contribution is -2.06. The van der Waals surface area contributed by atoms with Crippen molar-refractivity contribution >= 4 is 11.4 Å². The molecule has 5 nitrogen and oxygen atoms in total. The fourth-order valence-electron chi connectivity index (χ4n) is 1.89. The molecule has 0 spiro atoms. The molecule has 0 aliphatic rings. The fourth-order valence-corrected chi connectivity index (χ4v) is 1.89. The minimum Gasteiger partial charge on any atom is -0.379 e. The van der Waals surface area contributed by atoms with Crippen LogP contribution >= 0.6 is 0 Å². The topological polar surface area (TPSA) is 79.0 Å². The second-order valence-electron chi connectivity index (χ2n) is 4.41. The zero-order valence-corrected chi connectivity index (χ0v) is 10.9. The maximum absolute atomic E-state index is 10.6. The number of anilines is 1. The van der Waals surface area contributed by atoms with Gasteiger partial charge in [-0.05, 0) is 36.8 Å². The number of nitro groups is 1. The van der Waals surface area contributed by atoms with Gasteiger partial charge in [0.25, 0.3) is 5.69 Å². The maximum atomic E-state index is 10.6. The minimum absolute atomic E-state index is 0.00440. The van der Waals surface area contributed by atoms with E-state index in [2.05, 4.69) is 11.4 Å². The van der Waals surface area contributed by atoms with Crippen molar-refractivity contribution in [3.63, 3.8) is 0 Å². The first-order valence-electron chi connectivity index (χ1n) is 6.11. The van der Waals surface area contributed by atoms with Crippen molar-refractivity contribution in [2.75, 3.05) is 5.32 Å². The largest absolute Gasteiger partial charge is 0.379 e. The second-order valence-corrected chi connectivity index (χ2v) is 4.41. The molecule has 1 N–H and O–H groups in total. The molecule has 0 heterocycles. The van der Waals surface area contributed by atoms with E-state index < -0.39 is 4.92 Å². The Bertz CT molecular complexity index is 660. The first-order valence-corrected chi connectivity index (χ1v) is 6.11. The molecule has 0 aliphatic carbocycles. The van der Waals surface area contributed by atoms with Gasteiger partial charge in [-0.25, -0.2) is 0 Å². The predicted octanol–water partition coefficient (Wildman–Crippen LogP) is 3.64. The molecule has 0 saturated carbocycles. The summed E-state index contributed by atoms with van der Waals surface area (Å²) in [5.41, 5.74) is 2.46. The Labute approximate surface area is 116 Å². The van der Waals surface area contributed by atoms with E-state index in [9.17, 15) is 10.1 Å². The summed E-state index contributed by atoms with van der Waals surface area (Å²) in [6.07, 6.45) is 0. The van der Waals surface area contributed by atoms with Crippen LogP contribution < -0.4 is 5.32 Å². The molecule has 0 saturated heterocycles. The molecular formula is C15H13N3O2. The maximum Gasteiger partial charge on any atom is 0.269 e. The third kappa shape index (κ3) is 3.12. The monoisotopic (exact) mass is 267 g/mol. The molecule has 1 unspecified atom stereocenters. The summed E-state index contributed by atoms with van der Waals surface area (Å²) >= 11 is 0. The average molecular weight is 267 g/mol. The third-order valence-electron chi connectivity index (χ3n) is 2.98. The molecule has 0 fully saturated rings. The van der Waals surface area contributed by atoms with Crippen LogP contribution in [0.2, 0.25) is 0 Å². The summed E-state index contributed by atoms with van der Waals surface area (Å²) in [7, 11) is 0. The first-order chi connectivity index (χ1) is 9.60. The number of nitro benzene ring substituents is 1. The van der Waals surface area contributed by atoms with E-state index in [-0.39, 0.29) is 11.7 Å². The van der Waals surface area contributed by atoms with Crippen molar-refractivity contribution in [2.24, 2.45) is 0 Å². The van der Waals surface area contributed by atoms with Crippen LogP contribution in [0.5, 0.6) is 0 Å². The van der Waals surface area contributed by atoms with E-state index in [1.165, 1.54) is 12.1 Å². The standard InChI is InChI=1S/C15H13N3O2/c1-11(13-4-2-3-12(9-13)10-16)17-14-5-7-15(8-6-14)18(19)20/h2-9,11,17H,1H3. The molecule has 5 heteroatoms. The van der Waals surface area contributed by atoms with Gasteiger partial charge in [0.1, 0.15) is 0 Å². The lowest BCUT2D eigenvalue weighted by Gasteiger charge is -2.15. The summed E-state index contributed by atoms with van der Waals surface area (Å²) in [6, 6.07) is 15.7. The van der Waals surface area contributed by atoms with Gasteiger partial charge in [0.2, 0.25) is 0 Å². The van der Waals surface area contributed by atoms with Gasteiger partial charge >= 0.3 is 0 Å². The van der Waals surface area contributed by atoms with Crippen LogP contribution in [-0.2, 0) is 0 Å². The van der Waals surface area contributed by atoms with Gasteiger partial charge in [-0.15, -0.1) is 0 Å². The number of benzene rings is 2. The van der Waals surface area contributed by atoms with Crippen LogP contribution in [-0.4, -0.2) is 4.92 Å². The number of nitrogens with one attached hydrogen (secondary N) is 1. The Hall–Kier alpha value is -2.87. The number of hydrogen-bond donors (Lipinski definition) is 1. The van der Waals surface area contributed by atoms with Crippen molar-refractivity contribution in [1.29, 1.82) is 5.26 Å². The van der Waals surface area contributed by atoms with Crippen LogP contribution in [0.1, 0.15) is 24.1 Å². The highest BCUT2D eigenvalue weighted by Crippen LogP contribution is 2.22. The lowest BCUT2D eigenvalue weighted by molar-refractivity contribution is -0.384. The summed E-state index contributed by atoms with van der Waals surface area (Å²) < 4.78 is 0.